The molecule has 1 aliphatic heterocycles. The van der Waals surface area contributed by atoms with Crippen LogP contribution in [0, 0.1) is 18.3 Å². The summed E-state index contributed by atoms with van der Waals surface area (Å²) >= 11 is 13.9. The molecule has 0 radical (unpaired) electrons. The van der Waals surface area contributed by atoms with E-state index in [1.54, 1.807) is 49.4 Å². The lowest BCUT2D eigenvalue weighted by Crippen LogP contribution is -2.29. The monoisotopic (exact) mass is 577 g/mol. The van der Waals surface area contributed by atoms with Gasteiger partial charge in [0.05, 0.1) is 33.9 Å². The minimum absolute atomic E-state index is 0.0236. The first-order valence-corrected chi connectivity index (χ1v) is 13.8. The maximum atomic E-state index is 13.4. The molecule has 0 saturated carbocycles. The van der Waals surface area contributed by atoms with Crippen LogP contribution in [0.3, 0.4) is 0 Å². The number of hydrogen-bond acceptors (Lipinski definition) is 6. The lowest BCUT2D eigenvalue weighted by molar-refractivity contribution is -0.140. The molecule has 4 rings (SSSR count). The summed E-state index contributed by atoms with van der Waals surface area (Å²) in [5, 5.41) is 17.7. The van der Waals surface area contributed by atoms with Gasteiger partial charge in [-0.05, 0) is 48.7 Å². The van der Waals surface area contributed by atoms with Gasteiger partial charge in [-0.3, -0.25) is 4.79 Å². The number of carbonyl (C=O) groups is 2. The van der Waals surface area contributed by atoms with E-state index in [0.717, 1.165) is 11.1 Å². The van der Waals surface area contributed by atoms with Crippen molar-refractivity contribution in [3.05, 3.63) is 121 Å². The second-order valence-corrected chi connectivity index (χ2v) is 10.6. The highest BCUT2D eigenvalue weighted by molar-refractivity contribution is 8.03. The summed E-state index contributed by atoms with van der Waals surface area (Å²) in [4.78, 5) is 26.2. The number of anilines is 1. The normalized spacial score (nSPS) is 14.9. The summed E-state index contributed by atoms with van der Waals surface area (Å²) in [7, 11) is 0. The second kappa shape index (κ2) is 12.9. The van der Waals surface area contributed by atoms with E-state index in [4.69, 9.17) is 27.9 Å². The number of carbonyl (C=O) groups excluding carboxylic acids is 2. The molecule has 0 aromatic heterocycles. The number of hydrogen-bond donors (Lipinski definition) is 2. The molecule has 0 saturated heterocycles. The van der Waals surface area contributed by atoms with Crippen molar-refractivity contribution in [1.82, 2.24) is 5.32 Å². The highest BCUT2D eigenvalue weighted by atomic mass is 35.5. The number of nitriles is 1. The van der Waals surface area contributed by atoms with E-state index in [1.807, 2.05) is 37.3 Å². The number of dihydropyridines is 1. The van der Waals surface area contributed by atoms with Gasteiger partial charge < -0.3 is 15.4 Å². The molecule has 2 N–H and O–H groups in total. The van der Waals surface area contributed by atoms with E-state index >= 15 is 0 Å². The van der Waals surface area contributed by atoms with Gasteiger partial charge in [-0.25, -0.2) is 4.79 Å². The molecule has 0 bridgehead atoms. The quantitative estimate of drug-likeness (QED) is 0.277. The van der Waals surface area contributed by atoms with Gasteiger partial charge in [0.25, 0.3) is 0 Å². The van der Waals surface area contributed by atoms with E-state index in [0.29, 0.717) is 37.6 Å². The van der Waals surface area contributed by atoms with Gasteiger partial charge in [-0.1, -0.05) is 89.6 Å². The van der Waals surface area contributed by atoms with Crippen LogP contribution in [-0.2, 0) is 20.9 Å². The SMILES string of the molecule is CC1=C(C(=O)OCc2ccccc2)[C@@H](c2ccccc2Cl)C(C#N)=C(SCC(=O)Nc2cccc(Cl)c2C)N1. The zero-order chi connectivity index (χ0) is 27.9. The maximum absolute atomic E-state index is 13.4. The molecule has 3 aromatic carbocycles. The molecule has 6 nitrogen and oxygen atoms in total. The Morgan fingerprint density at radius 3 is 2.41 bits per heavy atom. The Hall–Kier alpha value is -3.70. The van der Waals surface area contributed by atoms with E-state index in [1.165, 1.54) is 11.8 Å². The molecule has 198 valence electrons. The molecule has 0 spiro atoms. The molecule has 1 amide bonds. The first-order valence-electron chi connectivity index (χ1n) is 12.1. The fourth-order valence-corrected chi connectivity index (χ4v) is 5.50. The summed E-state index contributed by atoms with van der Waals surface area (Å²) in [6.07, 6.45) is 0. The summed E-state index contributed by atoms with van der Waals surface area (Å²) in [6, 6.07) is 24.0. The summed E-state index contributed by atoms with van der Waals surface area (Å²) in [5.41, 5.74) is 3.91. The number of allylic oxidation sites excluding steroid dienone is 2. The standard InChI is InChI=1S/C30H25Cl2N3O3S/c1-18-23(31)13-8-14-25(18)35-26(36)17-39-29-22(15-33)28(21-11-6-7-12-24(21)32)27(19(2)34-29)30(37)38-16-20-9-4-3-5-10-20/h3-14,28,34H,16-17H2,1-2H3,(H,35,36)/t28-/m0/s1. The Morgan fingerprint density at radius 2 is 1.69 bits per heavy atom. The molecule has 0 fully saturated rings. The Morgan fingerprint density at radius 1 is 1.00 bits per heavy atom. The third-order valence-electron chi connectivity index (χ3n) is 6.19. The van der Waals surface area contributed by atoms with Crippen LogP contribution in [0.5, 0.6) is 0 Å². The number of amides is 1. The molecule has 1 heterocycles. The molecular weight excluding hydrogens is 553 g/mol. The molecule has 39 heavy (non-hydrogen) atoms. The van der Waals surface area contributed by atoms with Gasteiger partial charge in [0.1, 0.15) is 6.61 Å². The predicted molar refractivity (Wildman–Crippen MR) is 156 cm³/mol. The maximum Gasteiger partial charge on any atom is 0.337 e. The van der Waals surface area contributed by atoms with Crippen LogP contribution in [-0.4, -0.2) is 17.6 Å². The number of nitrogens with zero attached hydrogens (tertiary/aromatic N) is 1. The van der Waals surface area contributed by atoms with Crippen LogP contribution >= 0.6 is 35.0 Å². The van der Waals surface area contributed by atoms with Crippen molar-refractivity contribution in [2.45, 2.75) is 26.4 Å². The van der Waals surface area contributed by atoms with Gasteiger partial charge in [0.2, 0.25) is 5.91 Å². The van der Waals surface area contributed by atoms with Crippen LogP contribution in [0.15, 0.2) is 94.7 Å². The van der Waals surface area contributed by atoms with Crippen molar-refractivity contribution in [3.63, 3.8) is 0 Å². The van der Waals surface area contributed by atoms with Gasteiger partial charge in [0.15, 0.2) is 0 Å². The number of thioether (sulfide) groups is 1. The van der Waals surface area contributed by atoms with Gasteiger partial charge in [-0.15, -0.1) is 0 Å². The Kier molecular flexibility index (Phi) is 9.36. The highest BCUT2D eigenvalue weighted by Gasteiger charge is 2.36. The topological polar surface area (TPSA) is 91.2 Å². The van der Waals surface area contributed by atoms with Gasteiger partial charge in [0, 0.05) is 21.4 Å². The molecule has 3 aromatic rings. The molecule has 9 heteroatoms. The summed E-state index contributed by atoms with van der Waals surface area (Å²) in [5.74, 6) is -1.56. The fraction of sp³-hybridized carbons (Fsp3) is 0.167. The van der Waals surface area contributed by atoms with Crippen molar-refractivity contribution in [2.24, 2.45) is 0 Å². The van der Waals surface area contributed by atoms with Crippen LogP contribution in [0.2, 0.25) is 10.0 Å². The minimum atomic E-state index is -0.769. The van der Waals surface area contributed by atoms with Crippen LogP contribution in [0.4, 0.5) is 5.69 Å². The highest BCUT2D eigenvalue weighted by Crippen LogP contribution is 2.43. The van der Waals surface area contributed by atoms with Crippen molar-refractivity contribution in [2.75, 3.05) is 11.1 Å². The number of halogens is 2. The van der Waals surface area contributed by atoms with E-state index in [-0.39, 0.29) is 23.8 Å². The lowest BCUT2D eigenvalue weighted by atomic mass is 9.82. The van der Waals surface area contributed by atoms with Gasteiger partial charge >= 0.3 is 5.97 Å². The molecule has 0 aliphatic carbocycles. The Balaban J connectivity index is 1.61. The van der Waals surface area contributed by atoms with Crippen molar-refractivity contribution in [1.29, 1.82) is 5.26 Å². The first-order chi connectivity index (χ1) is 18.8. The zero-order valence-corrected chi connectivity index (χ0v) is 23.6. The van der Waals surface area contributed by atoms with Crippen molar-refractivity contribution >= 4 is 52.5 Å². The summed E-state index contributed by atoms with van der Waals surface area (Å²) < 4.78 is 5.65. The lowest BCUT2D eigenvalue weighted by Gasteiger charge is -2.29. The third kappa shape index (κ3) is 6.66. The minimum Gasteiger partial charge on any atom is -0.457 e. The van der Waals surface area contributed by atoms with E-state index in [2.05, 4.69) is 16.7 Å². The smallest absolute Gasteiger partial charge is 0.337 e. The van der Waals surface area contributed by atoms with Crippen LogP contribution < -0.4 is 10.6 Å². The molecule has 0 unspecified atom stereocenters. The third-order valence-corrected chi connectivity index (χ3v) is 7.96. The second-order valence-electron chi connectivity index (χ2n) is 8.78. The van der Waals surface area contributed by atoms with E-state index < -0.39 is 11.9 Å². The molecule has 1 aliphatic rings. The van der Waals surface area contributed by atoms with Crippen molar-refractivity contribution in [3.8, 4) is 6.07 Å². The number of rotatable bonds is 8. The number of benzene rings is 3. The Bertz CT molecular complexity index is 1510. The number of nitrogens with one attached hydrogen (secondary N) is 2. The Labute approximate surface area is 241 Å². The largest absolute Gasteiger partial charge is 0.457 e. The van der Waals surface area contributed by atoms with Crippen LogP contribution in [0.25, 0.3) is 0 Å². The summed E-state index contributed by atoms with van der Waals surface area (Å²) in [6.45, 7) is 3.65. The molecular formula is C30H25Cl2N3O3S. The average molecular weight is 579 g/mol. The fourth-order valence-electron chi connectivity index (χ4n) is 4.18. The number of ether oxygens (including phenoxy) is 1. The van der Waals surface area contributed by atoms with Gasteiger partial charge in [-0.2, -0.15) is 5.26 Å². The van der Waals surface area contributed by atoms with Crippen molar-refractivity contribution < 1.29 is 14.3 Å². The predicted octanol–water partition coefficient (Wildman–Crippen LogP) is 7.11. The zero-order valence-electron chi connectivity index (χ0n) is 21.3. The van der Waals surface area contributed by atoms with Crippen LogP contribution in [0.1, 0.15) is 29.5 Å². The first kappa shape index (κ1) is 28.3. The average Bonchev–Trinajstić information content (AvgIpc) is 2.93. The number of esters is 1. The molecule has 1 atom stereocenters. The van der Waals surface area contributed by atoms with E-state index in [9.17, 15) is 14.9 Å².